The van der Waals surface area contributed by atoms with Crippen molar-refractivity contribution in [2.45, 2.75) is 26.5 Å². The predicted molar refractivity (Wildman–Crippen MR) is 190 cm³/mol. The molecule has 11 heteroatoms. The van der Waals surface area contributed by atoms with E-state index in [2.05, 4.69) is 5.32 Å². The van der Waals surface area contributed by atoms with Gasteiger partial charge in [-0.05, 0) is 85.1 Å². The van der Waals surface area contributed by atoms with Gasteiger partial charge in [0.15, 0.2) is 16.3 Å². The first kappa shape index (κ1) is 33.1. The van der Waals surface area contributed by atoms with Crippen molar-refractivity contribution in [1.82, 2.24) is 4.57 Å². The lowest BCUT2D eigenvalue weighted by atomic mass is 9.95. The van der Waals surface area contributed by atoms with Crippen molar-refractivity contribution in [1.29, 1.82) is 0 Å². The summed E-state index contributed by atoms with van der Waals surface area (Å²) in [6.07, 6.45) is 1.79. The van der Waals surface area contributed by atoms with Gasteiger partial charge in [-0.15, -0.1) is 0 Å². The summed E-state index contributed by atoms with van der Waals surface area (Å²) in [6, 6.07) is 26.7. The van der Waals surface area contributed by atoms with Gasteiger partial charge in [0.2, 0.25) is 0 Å². The molecule has 2 heterocycles. The van der Waals surface area contributed by atoms with E-state index in [-0.39, 0.29) is 18.1 Å². The number of nitrogens with one attached hydrogen (secondary N) is 1. The first-order valence-electron chi connectivity index (χ1n) is 15.1. The van der Waals surface area contributed by atoms with Gasteiger partial charge in [0, 0.05) is 5.69 Å². The number of para-hydroxylation sites is 1. The summed E-state index contributed by atoms with van der Waals surface area (Å²) >= 11 is 13.4. The molecule has 1 amide bonds. The van der Waals surface area contributed by atoms with Crippen LogP contribution in [0.25, 0.3) is 6.08 Å². The molecular formula is C37H31Cl2N3O5S. The van der Waals surface area contributed by atoms with Crippen molar-refractivity contribution in [3.8, 4) is 17.2 Å². The van der Waals surface area contributed by atoms with Crippen LogP contribution in [0, 0.1) is 0 Å². The van der Waals surface area contributed by atoms with E-state index < -0.39 is 6.04 Å². The highest BCUT2D eigenvalue weighted by molar-refractivity contribution is 7.07. The molecule has 1 N–H and O–H groups in total. The zero-order valence-corrected chi connectivity index (χ0v) is 28.7. The van der Waals surface area contributed by atoms with Gasteiger partial charge in [-0.3, -0.25) is 14.2 Å². The van der Waals surface area contributed by atoms with Crippen molar-refractivity contribution in [2.24, 2.45) is 4.99 Å². The van der Waals surface area contributed by atoms with E-state index in [0.29, 0.717) is 60.2 Å². The SMILES string of the molecule is CCOc1ccc([C@H]2C(C(=O)Nc3ccccc3)=C(C)N=c3s/c(=C\c4ccc(OCc5ccc(Cl)c(Cl)c5)c(OC)c4)c(=O)n32)cc1. The molecule has 0 saturated carbocycles. The number of rotatable bonds is 10. The van der Waals surface area contributed by atoms with E-state index >= 15 is 0 Å². The highest BCUT2D eigenvalue weighted by atomic mass is 35.5. The first-order chi connectivity index (χ1) is 23.2. The number of methoxy groups -OCH3 is 1. The maximum Gasteiger partial charge on any atom is 0.271 e. The maximum atomic E-state index is 14.2. The van der Waals surface area contributed by atoms with Crippen molar-refractivity contribution in [2.75, 3.05) is 19.0 Å². The van der Waals surface area contributed by atoms with Crippen molar-refractivity contribution in [3.05, 3.63) is 149 Å². The van der Waals surface area contributed by atoms with Gasteiger partial charge < -0.3 is 19.5 Å². The van der Waals surface area contributed by atoms with Crippen LogP contribution in [0.2, 0.25) is 10.0 Å². The Bertz CT molecular complexity index is 2200. The molecule has 0 aliphatic carbocycles. The van der Waals surface area contributed by atoms with E-state index in [0.717, 1.165) is 16.7 Å². The average molecular weight is 701 g/mol. The van der Waals surface area contributed by atoms with Gasteiger partial charge >= 0.3 is 0 Å². The number of carbonyl (C=O) groups excluding carboxylic acids is 1. The lowest BCUT2D eigenvalue weighted by molar-refractivity contribution is -0.113. The van der Waals surface area contributed by atoms with Gasteiger partial charge in [-0.1, -0.05) is 77.0 Å². The number of hydrogen-bond donors (Lipinski definition) is 1. The molecule has 48 heavy (non-hydrogen) atoms. The van der Waals surface area contributed by atoms with Crippen LogP contribution in [0.3, 0.4) is 0 Å². The molecule has 1 aromatic heterocycles. The number of nitrogens with zero attached hydrogens (tertiary/aromatic N) is 2. The number of ether oxygens (including phenoxy) is 3. The lowest BCUT2D eigenvalue weighted by Gasteiger charge is -2.25. The van der Waals surface area contributed by atoms with E-state index in [1.54, 1.807) is 48.9 Å². The predicted octanol–water partition coefficient (Wildman–Crippen LogP) is 7.17. The molecule has 5 aromatic rings. The Balaban J connectivity index is 1.37. The second-order valence-electron chi connectivity index (χ2n) is 10.9. The van der Waals surface area contributed by atoms with Crippen LogP contribution >= 0.6 is 34.5 Å². The van der Waals surface area contributed by atoms with Gasteiger partial charge in [-0.2, -0.15) is 0 Å². The monoisotopic (exact) mass is 699 g/mol. The standard InChI is InChI=1S/C37H31Cl2N3O5S/c1-4-46-27-14-12-25(13-15-27)34-33(35(43)41-26-8-6-5-7-9-26)22(2)40-37-42(34)36(44)32(48-37)20-23-11-17-30(31(19-23)45-3)47-21-24-10-16-28(38)29(39)18-24/h5-20,34H,4,21H2,1-3H3,(H,41,43)/b32-20-/t34-/m0/s1. The fourth-order valence-electron chi connectivity index (χ4n) is 5.40. The molecule has 1 aliphatic rings. The van der Waals surface area contributed by atoms with Crippen LogP contribution in [0.5, 0.6) is 17.2 Å². The van der Waals surface area contributed by atoms with E-state index in [4.69, 9.17) is 42.4 Å². The van der Waals surface area contributed by atoms with Gasteiger partial charge in [0.1, 0.15) is 12.4 Å². The average Bonchev–Trinajstić information content (AvgIpc) is 3.39. The third-order valence-corrected chi connectivity index (χ3v) is 9.39. The van der Waals surface area contributed by atoms with E-state index in [1.165, 1.54) is 11.3 Å². The van der Waals surface area contributed by atoms with Crippen LogP contribution in [-0.2, 0) is 11.4 Å². The summed E-state index contributed by atoms with van der Waals surface area (Å²) in [5.74, 6) is 1.39. The van der Waals surface area contributed by atoms with Crippen molar-refractivity contribution < 1.29 is 19.0 Å². The summed E-state index contributed by atoms with van der Waals surface area (Å²) in [6.45, 7) is 4.49. The van der Waals surface area contributed by atoms with Crippen LogP contribution in [0.15, 0.2) is 112 Å². The van der Waals surface area contributed by atoms with Gasteiger partial charge in [-0.25, -0.2) is 4.99 Å². The molecule has 8 nitrogen and oxygen atoms in total. The molecule has 1 atom stereocenters. The zero-order chi connectivity index (χ0) is 33.8. The third-order valence-electron chi connectivity index (χ3n) is 7.67. The number of carbonyl (C=O) groups is 1. The minimum atomic E-state index is -0.713. The number of halogens is 2. The number of hydrogen-bond acceptors (Lipinski definition) is 7. The molecule has 4 aromatic carbocycles. The largest absolute Gasteiger partial charge is 0.494 e. The number of anilines is 1. The van der Waals surface area contributed by atoms with Gasteiger partial charge in [0.25, 0.3) is 11.5 Å². The lowest BCUT2D eigenvalue weighted by Crippen LogP contribution is -2.40. The molecule has 0 spiro atoms. The number of fused-ring (bicyclic) bond motifs is 1. The number of aromatic nitrogens is 1. The van der Waals surface area contributed by atoms with E-state index in [1.807, 2.05) is 73.7 Å². The maximum absolute atomic E-state index is 14.2. The number of amides is 1. The summed E-state index contributed by atoms with van der Waals surface area (Å²) < 4.78 is 19.3. The van der Waals surface area contributed by atoms with Crippen molar-refractivity contribution in [3.63, 3.8) is 0 Å². The number of thiazole rings is 1. The Hall–Kier alpha value is -4.83. The fourth-order valence-corrected chi connectivity index (χ4v) is 6.76. The third kappa shape index (κ3) is 7.04. The highest BCUT2D eigenvalue weighted by Gasteiger charge is 2.32. The van der Waals surface area contributed by atoms with Gasteiger partial charge in [0.05, 0.1) is 45.6 Å². The molecule has 0 fully saturated rings. The summed E-state index contributed by atoms with van der Waals surface area (Å²) in [5.41, 5.74) is 3.62. The Labute approximate surface area is 291 Å². The van der Waals surface area contributed by atoms with Crippen molar-refractivity contribution >= 4 is 52.2 Å². The molecule has 0 bridgehead atoms. The Morgan fingerprint density at radius 1 is 0.958 bits per heavy atom. The highest BCUT2D eigenvalue weighted by Crippen LogP contribution is 2.33. The molecule has 0 saturated heterocycles. The minimum Gasteiger partial charge on any atom is -0.494 e. The summed E-state index contributed by atoms with van der Waals surface area (Å²) in [7, 11) is 1.56. The molecule has 1 aliphatic heterocycles. The van der Waals surface area contributed by atoms with Crippen LogP contribution < -0.4 is 34.4 Å². The fraction of sp³-hybridized carbons (Fsp3) is 0.162. The van der Waals surface area contributed by atoms with Crippen LogP contribution in [-0.4, -0.2) is 24.2 Å². The van der Waals surface area contributed by atoms with Crippen LogP contribution in [0.4, 0.5) is 5.69 Å². The Morgan fingerprint density at radius 2 is 1.73 bits per heavy atom. The normalized spacial score (nSPS) is 14.3. The summed E-state index contributed by atoms with van der Waals surface area (Å²) in [4.78, 5) is 33.2. The number of allylic oxidation sites excluding steroid dienone is 1. The topological polar surface area (TPSA) is 91.2 Å². The Kier molecular flexibility index (Phi) is 10.0. The zero-order valence-electron chi connectivity index (χ0n) is 26.3. The summed E-state index contributed by atoms with van der Waals surface area (Å²) in [5, 5.41) is 3.90. The molecule has 0 radical (unpaired) electrons. The molecule has 6 rings (SSSR count). The smallest absolute Gasteiger partial charge is 0.271 e. The second-order valence-corrected chi connectivity index (χ2v) is 12.7. The molecule has 0 unspecified atom stereocenters. The Morgan fingerprint density at radius 3 is 2.44 bits per heavy atom. The van der Waals surface area contributed by atoms with Crippen LogP contribution in [0.1, 0.15) is 36.6 Å². The second kappa shape index (κ2) is 14.5. The molecule has 244 valence electrons. The first-order valence-corrected chi connectivity index (χ1v) is 16.7. The quantitative estimate of drug-likeness (QED) is 0.167. The molecular weight excluding hydrogens is 669 g/mol. The number of benzene rings is 4. The minimum absolute atomic E-state index is 0.260. The van der Waals surface area contributed by atoms with E-state index in [9.17, 15) is 9.59 Å².